The number of anilines is 1. The topological polar surface area (TPSA) is 52.7 Å². The molecular weight excluding hydrogens is 318 g/mol. The first kappa shape index (κ1) is 15.8. The number of aliphatic hydroxyl groups is 1. The average molecular weight is 342 g/mol. The lowest BCUT2D eigenvalue weighted by Crippen LogP contribution is -2.37. The first-order chi connectivity index (χ1) is 9.38. The maximum absolute atomic E-state index is 9.96. The third-order valence-electron chi connectivity index (χ3n) is 3.77. The summed E-state index contributed by atoms with van der Waals surface area (Å²) in [5.41, 5.74) is 8.20. The highest BCUT2D eigenvalue weighted by atomic mass is 79.9. The molecule has 3 atom stereocenters. The summed E-state index contributed by atoms with van der Waals surface area (Å²) in [6.45, 7) is 3.63. The van der Waals surface area contributed by atoms with Crippen LogP contribution in [0.1, 0.15) is 24.9 Å². The quantitative estimate of drug-likeness (QED) is 0.879. The van der Waals surface area contributed by atoms with E-state index in [2.05, 4.69) is 58.0 Å². The summed E-state index contributed by atoms with van der Waals surface area (Å²) in [5, 5.41) is 9.96. The number of rotatable bonds is 4. The van der Waals surface area contributed by atoms with Gasteiger partial charge in [0.2, 0.25) is 0 Å². The molecular formula is C15H24BrN3O. The van der Waals surface area contributed by atoms with Gasteiger partial charge in [0.25, 0.3) is 0 Å². The highest BCUT2D eigenvalue weighted by Gasteiger charge is 2.31. The van der Waals surface area contributed by atoms with Crippen LogP contribution in [0.3, 0.4) is 0 Å². The smallest absolute Gasteiger partial charge is 0.0735 e. The van der Waals surface area contributed by atoms with E-state index in [9.17, 15) is 5.11 Å². The molecule has 4 nitrogen and oxygen atoms in total. The minimum atomic E-state index is -0.244. The van der Waals surface area contributed by atoms with Gasteiger partial charge in [-0.15, -0.1) is 0 Å². The monoisotopic (exact) mass is 341 g/mol. The SMILES string of the molecule is CC(N)c1ccc(N2CC(O)CC2CN(C)C)cc1Br. The van der Waals surface area contributed by atoms with Crippen molar-refractivity contribution in [2.75, 3.05) is 32.1 Å². The van der Waals surface area contributed by atoms with Crippen molar-refractivity contribution in [3.05, 3.63) is 28.2 Å². The van der Waals surface area contributed by atoms with Crippen LogP contribution in [-0.4, -0.2) is 49.3 Å². The van der Waals surface area contributed by atoms with Crippen molar-refractivity contribution in [3.8, 4) is 0 Å². The third-order valence-corrected chi connectivity index (χ3v) is 4.46. The van der Waals surface area contributed by atoms with Gasteiger partial charge in [0.15, 0.2) is 0 Å². The number of nitrogens with two attached hydrogens (primary N) is 1. The molecule has 1 aromatic carbocycles. The fourth-order valence-corrected chi connectivity index (χ4v) is 3.59. The summed E-state index contributed by atoms with van der Waals surface area (Å²) in [6.07, 6.45) is 0.581. The lowest BCUT2D eigenvalue weighted by atomic mass is 10.1. The molecule has 0 amide bonds. The molecule has 0 bridgehead atoms. The zero-order valence-electron chi connectivity index (χ0n) is 12.4. The van der Waals surface area contributed by atoms with Crippen LogP contribution in [0, 0.1) is 0 Å². The van der Waals surface area contributed by atoms with Crippen LogP contribution in [0.4, 0.5) is 5.69 Å². The number of benzene rings is 1. The molecule has 1 aliphatic heterocycles. The summed E-state index contributed by atoms with van der Waals surface area (Å²) in [7, 11) is 4.13. The molecule has 0 radical (unpaired) electrons. The van der Waals surface area contributed by atoms with Crippen molar-refractivity contribution >= 4 is 21.6 Å². The number of likely N-dealkylation sites (N-methyl/N-ethyl adjacent to an activating group) is 1. The summed E-state index contributed by atoms with van der Waals surface area (Å²) in [6, 6.07) is 6.65. The molecule has 3 N–H and O–H groups in total. The summed E-state index contributed by atoms with van der Waals surface area (Å²) in [5.74, 6) is 0. The van der Waals surface area contributed by atoms with Crippen molar-refractivity contribution in [3.63, 3.8) is 0 Å². The summed E-state index contributed by atoms with van der Waals surface area (Å²) < 4.78 is 1.04. The molecule has 3 unspecified atom stereocenters. The largest absolute Gasteiger partial charge is 0.391 e. The summed E-state index contributed by atoms with van der Waals surface area (Å²) in [4.78, 5) is 4.46. The zero-order chi connectivity index (χ0) is 14.9. The van der Waals surface area contributed by atoms with Crippen molar-refractivity contribution in [1.82, 2.24) is 4.90 Å². The zero-order valence-corrected chi connectivity index (χ0v) is 14.0. The van der Waals surface area contributed by atoms with E-state index in [1.54, 1.807) is 0 Å². The average Bonchev–Trinajstić information content (AvgIpc) is 2.68. The number of nitrogens with zero attached hydrogens (tertiary/aromatic N) is 2. The molecule has 0 saturated carbocycles. The Morgan fingerprint density at radius 3 is 2.75 bits per heavy atom. The van der Waals surface area contributed by atoms with Gasteiger partial charge in [-0.05, 0) is 45.1 Å². The van der Waals surface area contributed by atoms with Crippen molar-refractivity contribution in [1.29, 1.82) is 0 Å². The van der Waals surface area contributed by atoms with Crippen LogP contribution < -0.4 is 10.6 Å². The Balaban J connectivity index is 2.23. The predicted octanol–water partition coefficient (Wildman–Crippen LogP) is 1.97. The fraction of sp³-hybridized carbons (Fsp3) is 0.600. The second-order valence-electron chi connectivity index (χ2n) is 5.95. The summed E-state index contributed by atoms with van der Waals surface area (Å²) >= 11 is 3.60. The van der Waals surface area contributed by atoms with Crippen molar-refractivity contribution in [2.45, 2.75) is 31.5 Å². The molecule has 0 spiro atoms. The van der Waals surface area contributed by atoms with Crippen LogP contribution in [-0.2, 0) is 0 Å². The van der Waals surface area contributed by atoms with Gasteiger partial charge in [0.1, 0.15) is 0 Å². The Hall–Kier alpha value is -0.620. The normalized spacial score (nSPS) is 24.4. The number of β-amino-alcohol motifs (C(OH)–C–C–N with tert-alkyl or cyclic N) is 1. The van der Waals surface area contributed by atoms with E-state index in [1.165, 1.54) is 0 Å². The Morgan fingerprint density at radius 1 is 1.50 bits per heavy atom. The van der Waals surface area contributed by atoms with E-state index < -0.39 is 0 Å². The molecule has 1 aromatic rings. The first-order valence-corrected chi connectivity index (χ1v) is 7.82. The molecule has 20 heavy (non-hydrogen) atoms. The highest BCUT2D eigenvalue weighted by Crippen LogP contribution is 2.31. The molecule has 112 valence electrons. The number of hydrogen-bond donors (Lipinski definition) is 2. The molecule has 1 heterocycles. The molecule has 1 saturated heterocycles. The van der Waals surface area contributed by atoms with Gasteiger partial charge < -0.3 is 20.6 Å². The van der Waals surface area contributed by atoms with E-state index in [0.29, 0.717) is 12.6 Å². The van der Waals surface area contributed by atoms with Crippen molar-refractivity contribution < 1.29 is 5.11 Å². The maximum Gasteiger partial charge on any atom is 0.0735 e. The van der Waals surface area contributed by atoms with E-state index >= 15 is 0 Å². The third kappa shape index (κ3) is 3.52. The van der Waals surface area contributed by atoms with Gasteiger partial charge >= 0.3 is 0 Å². The predicted molar refractivity (Wildman–Crippen MR) is 87.1 cm³/mol. The van der Waals surface area contributed by atoms with E-state index in [1.807, 2.05) is 6.92 Å². The number of halogens is 1. The molecule has 2 rings (SSSR count). The van der Waals surface area contributed by atoms with Gasteiger partial charge in [-0.1, -0.05) is 22.0 Å². The van der Waals surface area contributed by atoms with Gasteiger partial charge in [-0.3, -0.25) is 0 Å². The standard InChI is InChI=1S/C15H24BrN3O/c1-10(17)14-5-4-11(7-15(14)16)19-9-13(20)6-12(19)8-18(2)3/h4-5,7,10,12-13,20H,6,8-9,17H2,1-3H3. The second-order valence-corrected chi connectivity index (χ2v) is 6.81. The Bertz CT molecular complexity index is 464. The molecule has 1 aliphatic rings. The Labute approximate surface area is 129 Å². The second kappa shape index (κ2) is 6.43. The lowest BCUT2D eigenvalue weighted by Gasteiger charge is -2.29. The minimum absolute atomic E-state index is 0.0140. The van der Waals surface area contributed by atoms with Crippen LogP contribution >= 0.6 is 15.9 Å². The Morgan fingerprint density at radius 2 is 2.20 bits per heavy atom. The highest BCUT2D eigenvalue weighted by molar-refractivity contribution is 9.10. The van der Waals surface area contributed by atoms with E-state index in [0.717, 1.165) is 28.7 Å². The van der Waals surface area contributed by atoms with Crippen molar-refractivity contribution in [2.24, 2.45) is 5.73 Å². The van der Waals surface area contributed by atoms with Gasteiger partial charge in [-0.2, -0.15) is 0 Å². The van der Waals surface area contributed by atoms with Crippen LogP contribution in [0.25, 0.3) is 0 Å². The molecule has 5 heteroatoms. The van der Waals surface area contributed by atoms with Crippen LogP contribution in [0.5, 0.6) is 0 Å². The minimum Gasteiger partial charge on any atom is -0.391 e. The molecule has 1 fully saturated rings. The van der Waals surface area contributed by atoms with Crippen LogP contribution in [0.2, 0.25) is 0 Å². The van der Waals surface area contributed by atoms with Gasteiger partial charge in [-0.25, -0.2) is 0 Å². The number of aliphatic hydroxyl groups excluding tert-OH is 1. The first-order valence-electron chi connectivity index (χ1n) is 7.03. The molecule has 0 aromatic heterocycles. The van der Waals surface area contributed by atoms with E-state index in [-0.39, 0.29) is 12.1 Å². The molecule has 0 aliphatic carbocycles. The van der Waals surface area contributed by atoms with Gasteiger partial charge in [0, 0.05) is 35.3 Å². The van der Waals surface area contributed by atoms with E-state index in [4.69, 9.17) is 5.73 Å². The Kier molecular flexibility index (Phi) is 5.07. The number of hydrogen-bond acceptors (Lipinski definition) is 4. The van der Waals surface area contributed by atoms with Crippen LogP contribution in [0.15, 0.2) is 22.7 Å². The van der Waals surface area contributed by atoms with Gasteiger partial charge in [0.05, 0.1) is 6.10 Å². The maximum atomic E-state index is 9.96. The lowest BCUT2D eigenvalue weighted by molar-refractivity contribution is 0.191. The fourth-order valence-electron chi connectivity index (χ4n) is 2.87.